The fourth-order valence-corrected chi connectivity index (χ4v) is 3.83. The van der Waals surface area contributed by atoms with Crippen molar-refractivity contribution >= 4 is 23.3 Å². The largest absolute Gasteiger partial charge is 0.416 e. The van der Waals surface area contributed by atoms with Crippen LogP contribution in [0, 0.1) is 0 Å². The molecule has 33 heavy (non-hydrogen) atoms. The van der Waals surface area contributed by atoms with Crippen LogP contribution in [-0.2, 0) is 17.5 Å². The molecule has 0 aliphatic carbocycles. The zero-order valence-electron chi connectivity index (χ0n) is 18.5. The number of hydrogen-bond acceptors (Lipinski definition) is 3. The maximum atomic E-state index is 12.9. The lowest BCUT2D eigenvalue weighted by Gasteiger charge is -2.28. The van der Waals surface area contributed by atoms with Crippen molar-refractivity contribution < 1.29 is 27.6 Å². The fraction of sp³-hybridized carbons (Fsp3) is 0.320. The topological polar surface area (TPSA) is 66.5 Å². The van der Waals surface area contributed by atoms with Crippen molar-refractivity contribution in [2.24, 2.45) is 0 Å². The summed E-state index contributed by atoms with van der Waals surface area (Å²) < 4.78 is 38.1. The first-order valence-electron chi connectivity index (χ1n) is 10.6. The first-order chi connectivity index (χ1) is 15.5. The van der Waals surface area contributed by atoms with Crippen molar-refractivity contribution in [3.63, 3.8) is 0 Å². The molecule has 0 saturated carbocycles. The van der Waals surface area contributed by atoms with E-state index in [1.807, 2.05) is 6.92 Å². The molecule has 174 valence electrons. The van der Waals surface area contributed by atoms with E-state index in [0.717, 1.165) is 35.4 Å². The van der Waals surface area contributed by atoms with E-state index in [0.29, 0.717) is 37.1 Å². The fourth-order valence-electron chi connectivity index (χ4n) is 3.83. The molecule has 0 saturated heterocycles. The first kappa shape index (κ1) is 24.2. The average molecular weight is 458 g/mol. The molecule has 0 aromatic heterocycles. The van der Waals surface area contributed by atoms with Crippen LogP contribution in [0.4, 0.5) is 18.9 Å². The Hall–Kier alpha value is -3.42. The number of halogens is 3. The Morgan fingerprint density at radius 3 is 2.39 bits per heavy atom. The molecule has 5 nitrogen and oxygen atoms in total. The number of carbonyl (C=O) groups is 3. The lowest BCUT2D eigenvalue weighted by Crippen LogP contribution is -2.36. The number of hydrogen-bond donors (Lipinski definition) is 1. The van der Waals surface area contributed by atoms with Crippen molar-refractivity contribution in [1.29, 1.82) is 0 Å². The van der Waals surface area contributed by atoms with E-state index in [-0.39, 0.29) is 23.3 Å². The summed E-state index contributed by atoms with van der Waals surface area (Å²) >= 11 is 0. The van der Waals surface area contributed by atoms with Gasteiger partial charge in [-0.2, -0.15) is 13.2 Å². The van der Waals surface area contributed by atoms with E-state index in [4.69, 9.17) is 0 Å². The molecular weight excluding hydrogens is 433 g/mol. The molecule has 0 fully saturated rings. The van der Waals surface area contributed by atoms with Gasteiger partial charge in [-0.3, -0.25) is 14.4 Å². The maximum Gasteiger partial charge on any atom is 0.416 e. The summed E-state index contributed by atoms with van der Waals surface area (Å²) in [5.74, 6) is -0.594. The minimum atomic E-state index is -4.47. The summed E-state index contributed by atoms with van der Waals surface area (Å²) in [6, 6.07) is 8.56. The molecule has 0 bridgehead atoms. The number of fused-ring (bicyclic) bond motifs is 1. The van der Waals surface area contributed by atoms with E-state index in [2.05, 4.69) is 11.9 Å². The van der Waals surface area contributed by atoms with Crippen LogP contribution < -0.4 is 5.32 Å². The third kappa shape index (κ3) is 5.50. The van der Waals surface area contributed by atoms with Crippen LogP contribution in [0.15, 0.2) is 54.6 Å². The summed E-state index contributed by atoms with van der Waals surface area (Å²) in [4.78, 5) is 38.8. The molecule has 8 heteroatoms. The van der Waals surface area contributed by atoms with Crippen LogP contribution >= 0.6 is 0 Å². The summed E-state index contributed by atoms with van der Waals surface area (Å²) in [7, 11) is 0. The van der Waals surface area contributed by atoms with Crippen LogP contribution in [-0.4, -0.2) is 28.5 Å². The molecule has 1 unspecified atom stereocenters. The quantitative estimate of drug-likeness (QED) is 0.523. The van der Waals surface area contributed by atoms with Gasteiger partial charge in [0.2, 0.25) is 0 Å². The zero-order valence-corrected chi connectivity index (χ0v) is 18.5. The molecule has 2 amide bonds. The monoisotopic (exact) mass is 458 g/mol. The van der Waals surface area contributed by atoms with Crippen molar-refractivity contribution in [2.75, 3.05) is 5.32 Å². The molecule has 0 spiro atoms. The molecule has 2 aromatic rings. The molecule has 1 aliphatic heterocycles. The standard InChI is InChI=1S/C25H25F3N2O3/c1-4-20(31)10-12-22(15(2)3)30-14-17-13-19(9-11-21(17)24(30)33)29-23(32)16-5-7-18(8-6-16)25(26,27)28/h5-9,11,13,22H,2,4,10,12,14H2,1,3H3,(H,29,32). The predicted octanol–water partition coefficient (Wildman–Crippen LogP) is 5.62. The number of ketones is 1. The summed E-state index contributed by atoms with van der Waals surface area (Å²) in [5, 5.41) is 2.66. The Balaban J connectivity index is 1.73. The second kappa shape index (κ2) is 9.60. The van der Waals surface area contributed by atoms with Gasteiger partial charge in [0.25, 0.3) is 11.8 Å². The molecule has 1 atom stereocenters. The summed E-state index contributed by atoms with van der Waals surface area (Å²) in [6.45, 7) is 7.92. The van der Waals surface area contributed by atoms with Crippen molar-refractivity contribution in [3.8, 4) is 0 Å². The van der Waals surface area contributed by atoms with Crippen LogP contribution in [0.25, 0.3) is 0 Å². The number of benzene rings is 2. The van der Waals surface area contributed by atoms with Crippen LogP contribution in [0.3, 0.4) is 0 Å². The highest BCUT2D eigenvalue weighted by Gasteiger charge is 2.33. The van der Waals surface area contributed by atoms with E-state index in [1.54, 1.807) is 30.0 Å². The zero-order chi connectivity index (χ0) is 24.3. The van der Waals surface area contributed by atoms with E-state index in [9.17, 15) is 27.6 Å². The molecule has 3 rings (SSSR count). The Kier molecular flexibility index (Phi) is 7.05. The third-order valence-corrected chi connectivity index (χ3v) is 5.71. The SMILES string of the molecule is C=C(C)C(CCC(=O)CC)N1Cc2cc(NC(=O)c3ccc(C(F)(F)F)cc3)ccc2C1=O. The Morgan fingerprint density at radius 2 is 1.82 bits per heavy atom. The molecule has 0 radical (unpaired) electrons. The van der Waals surface area contributed by atoms with Gasteiger partial charge in [-0.1, -0.05) is 19.1 Å². The molecular formula is C25H25F3N2O3. The van der Waals surface area contributed by atoms with Gasteiger partial charge in [0.05, 0.1) is 11.6 Å². The summed E-state index contributed by atoms with van der Waals surface area (Å²) in [6.07, 6.45) is -3.17. The number of amides is 2. The Bertz CT molecular complexity index is 1090. The molecule has 1 N–H and O–H groups in total. The Labute approximate surface area is 190 Å². The number of carbonyl (C=O) groups excluding carboxylic acids is 3. The minimum Gasteiger partial charge on any atom is -0.328 e. The van der Waals surface area contributed by atoms with Gasteiger partial charge < -0.3 is 10.2 Å². The first-order valence-corrected chi connectivity index (χ1v) is 10.6. The smallest absolute Gasteiger partial charge is 0.328 e. The number of nitrogens with zero attached hydrogens (tertiary/aromatic N) is 1. The normalized spacial score (nSPS) is 14.1. The van der Waals surface area contributed by atoms with Gasteiger partial charge in [0.1, 0.15) is 5.78 Å². The predicted molar refractivity (Wildman–Crippen MR) is 119 cm³/mol. The van der Waals surface area contributed by atoms with E-state index >= 15 is 0 Å². The van der Waals surface area contributed by atoms with Crippen LogP contribution in [0.1, 0.15) is 65.0 Å². The van der Waals surface area contributed by atoms with E-state index < -0.39 is 17.6 Å². The second-order valence-corrected chi connectivity index (χ2v) is 8.13. The van der Waals surface area contributed by atoms with Crippen LogP contribution in [0.2, 0.25) is 0 Å². The van der Waals surface area contributed by atoms with Gasteiger partial charge in [-0.15, -0.1) is 0 Å². The van der Waals surface area contributed by atoms with Gasteiger partial charge in [-0.05, 0) is 61.4 Å². The average Bonchev–Trinajstić information content (AvgIpc) is 3.08. The Morgan fingerprint density at radius 1 is 1.15 bits per heavy atom. The second-order valence-electron chi connectivity index (χ2n) is 8.13. The highest BCUT2D eigenvalue weighted by Crippen LogP contribution is 2.31. The van der Waals surface area contributed by atoms with Crippen molar-refractivity contribution in [2.45, 2.75) is 51.9 Å². The lowest BCUT2D eigenvalue weighted by atomic mass is 10.0. The highest BCUT2D eigenvalue weighted by atomic mass is 19.4. The van der Waals surface area contributed by atoms with Gasteiger partial charge >= 0.3 is 6.18 Å². The molecule has 1 aliphatic rings. The maximum absolute atomic E-state index is 12.9. The minimum absolute atomic E-state index is 0.0872. The number of nitrogens with one attached hydrogen (secondary N) is 1. The third-order valence-electron chi connectivity index (χ3n) is 5.71. The van der Waals surface area contributed by atoms with Gasteiger partial charge in [-0.25, -0.2) is 0 Å². The highest BCUT2D eigenvalue weighted by molar-refractivity contribution is 6.05. The number of anilines is 1. The van der Waals surface area contributed by atoms with Gasteiger partial charge in [0, 0.05) is 36.2 Å². The number of alkyl halides is 3. The van der Waals surface area contributed by atoms with Gasteiger partial charge in [0.15, 0.2) is 0 Å². The van der Waals surface area contributed by atoms with Crippen molar-refractivity contribution in [1.82, 2.24) is 4.90 Å². The lowest BCUT2D eigenvalue weighted by molar-refractivity contribution is -0.137. The molecule has 2 aromatic carbocycles. The number of Topliss-reactive ketones (excluding diaryl/α,β-unsaturated/α-hetero) is 1. The van der Waals surface area contributed by atoms with E-state index in [1.165, 1.54) is 0 Å². The van der Waals surface area contributed by atoms with Crippen LogP contribution in [0.5, 0.6) is 0 Å². The van der Waals surface area contributed by atoms with Crippen molar-refractivity contribution in [3.05, 3.63) is 76.9 Å². The summed E-state index contributed by atoms with van der Waals surface area (Å²) in [5.41, 5.74) is 1.71. The number of rotatable bonds is 8. The molecule has 1 heterocycles.